The van der Waals surface area contributed by atoms with Crippen LogP contribution < -0.4 is 10.6 Å². The van der Waals surface area contributed by atoms with Crippen LogP contribution in [-0.4, -0.2) is 44.3 Å². The minimum atomic E-state index is -3.46. The highest BCUT2D eigenvalue weighted by atomic mass is 35.5. The van der Waals surface area contributed by atoms with Gasteiger partial charge in [0.2, 0.25) is 15.9 Å². The Bertz CT molecular complexity index is 697. The van der Waals surface area contributed by atoms with E-state index in [-0.39, 0.29) is 23.2 Å². The number of hydrogen-bond donors (Lipinski definition) is 2. The standard InChI is InChI=1S/C18H27N3O3S.ClH/c1-2-18(22)20-16-5-7-17(8-6-16)25(23,24)21-11-9-15(10-12-21)19-13-14-3-4-14;/h5-8,14-15,19H,2-4,9-13H2,1H3,(H,20,22);1H. The number of rotatable bonds is 7. The van der Waals surface area contributed by atoms with Gasteiger partial charge in [0.15, 0.2) is 0 Å². The lowest BCUT2D eigenvalue weighted by Gasteiger charge is -2.31. The maximum absolute atomic E-state index is 12.8. The topological polar surface area (TPSA) is 78.5 Å². The summed E-state index contributed by atoms with van der Waals surface area (Å²) in [4.78, 5) is 11.7. The molecule has 0 radical (unpaired) electrons. The fourth-order valence-electron chi connectivity index (χ4n) is 3.06. The first kappa shape index (κ1) is 21.2. The van der Waals surface area contributed by atoms with E-state index in [1.165, 1.54) is 12.8 Å². The normalized spacial score (nSPS) is 19.0. The molecule has 1 heterocycles. The van der Waals surface area contributed by atoms with E-state index in [0.717, 1.165) is 25.3 Å². The Kier molecular flexibility index (Phi) is 7.46. The molecule has 2 aliphatic rings. The Morgan fingerprint density at radius 3 is 2.27 bits per heavy atom. The van der Waals surface area contributed by atoms with Crippen molar-refractivity contribution in [1.82, 2.24) is 9.62 Å². The third-order valence-electron chi connectivity index (χ3n) is 4.94. The van der Waals surface area contributed by atoms with Crippen molar-refractivity contribution in [2.75, 3.05) is 25.0 Å². The highest BCUT2D eigenvalue weighted by molar-refractivity contribution is 7.89. The van der Waals surface area contributed by atoms with Crippen LogP contribution in [0.2, 0.25) is 0 Å². The maximum atomic E-state index is 12.8. The van der Waals surface area contributed by atoms with E-state index in [9.17, 15) is 13.2 Å². The van der Waals surface area contributed by atoms with E-state index >= 15 is 0 Å². The summed E-state index contributed by atoms with van der Waals surface area (Å²) in [5.74, 6) is 0.754. The van der Waals surface area contributed by atoms with Crippen LogP contribution in [0.1, 0.15) is 39.0 Å². The van der Waals surface area contributed by atoms with Gasteiger partial charge in [-0.15, -0.1) is 12.4 Å². The molecule has 1 amide bonds. The lowest BCUT2D eigenvalue weighted by Crippen LogP contribution is -2.45. The van der Waals surface area contributed by atoms with Crippen LogP contribution in [0, 0.1) is 5.92 Å². The van der Waals surface area contributed by atoms with Gasteiger partial charge in [0.05, 0.1) is 4.90 Å². The van der Waals surface area contributed by atoms with Gasteiger partial charge in [-0.2, -0.15) is 4.31 Å². The number of nitrogens with zero attached hydrogens (tertiary/aromatic N) is 1. The summed E-state index contributed by atoms with van der Waals surface area (Å²) in [5, 5.41) is 6.29. The molecule has 0 unspecified atom stereocenters. The van der Waals surface area contributed by atoms with Crippen LogP contribution in [0.3, 0.4) is 0 Å². The van der Waals surface area contributed by atoms with E-state index in [0.29, 0.717) is 31.2 Å². The van der Waals surface area contributed by atoms with Crippen molar-refractivity contribution >= 4 is 34.0 Å². The van der Waals surface area contributed by atoms with Crippen LogP contribution in [0.15, 0.2) is 29.2 Å². The van der Waals surface area contributed by atoms with Crippen LogP contribution in [0.4, 0.5) is 5.69 Å². The molecule has 1 aliphatic heterocycles. The Balaban J connectivity index is 0.00000243. The average molecular weight is 402 g/mol. The Morgan fingerprint density at radius 2 is 1.73 bits per heavy atom. The van der Waals surface area contributed by atoms with E-state index in [1.807, 2.05) is 0 Å². The van der Waals surface area contributed by atoms with Gasteiger partial charge in [-0.1, -0.05) is 6.92 Å². The van der Waals surface area contributed by atoms with Crippen molar-refractivity contribution in [3.8, 4) is 0 Å². The molecule has 6 nitrogen and oxygen atoms in total. The smallest absolute Gasteiger partial charge is 0.243 e. The SMILES string of the molecule is CCC(=O)Nc1ccc(S(=O)(=O)N2CCC(NCC3CC3)CC2)cc1.Cl. The second-order valence-corrected chi connectivity index (χ2v) is 8.89. The highest BCUT2D eigenvalue weighted by Gasteiger charge is 2.30. The summed E-state index contributed by atoms with van der Waals surface area (Å²) in [6.45, 7) is 3.96. The largest absolute Gasteiger partial charge is 0.326 e. The first-order valence-electron chi connectivity index (χ1n) is 9.12. The minimum absolute atomic E-state index is 0. The van der Waals surface area contributed by atoms with Crippen molar-refractivity contribution in [2.24, 2.45) is 5.92 Å². The molecule has 146 valence electrons. The number of amides is 1. The van der Waals surface area contributed by atoms with Crippen molar-refractivity contribution in [1.29, 1.82) is 0 Å². The van der Waals surface area contributed by atoms with E-state index < -0.39 is 10.0 Å². The first-order chi connectivity index (χ1) is 12.0. The van der Waals surface area contributed by atoms with Gasteiger partial charge in [-0.05, 0) is 62.4 Å². The summed E-state index contributed by atoms with van der Waals surface area (Å²) >= 11 is 0. The summed E-state index contributed by atoms with van der Waals surface area (Å²) in [6, 6.07) is 6.85. The second-order valence-electron chi connectivity index (χ2n) is 6.96. The van der Waals surface area contributed by atoms with Gasteiger partial charge in [0, 0.05) is 31.2 Å². The Hall–Kier alpha value is -1.15. The molecular formula is C18H28ClN3O3S. The van der Waals surface area contributed by atoms with Crippen LogP contribution in [0.25, 0.3) is 0 Å². The summed E-state index contributed by atoms with van der Waals surface area (Å²) < 4.78 is 27.1. The number of piperidine rings is 1. The summed E-state index contributed by atoms with van der Waals surface area (Å²) in [6.07, 6.45) is 4.76. The van der Waals surface area contributed by atoms with Gasteiger partial charge < -0.3 is 10.6 Å². The van der Waals surface area contributed by atoms with Gasteiger partial charge in [0.25, 0.3) is 0 Å². The number of anilines is 1. The Labute approximate surface area is 162 Å². The summed E-state index contributed by atoms with van der Waals surface area (Å²) in [5.41, 5.74) is 0.619. The quantitative estimate of drug-likeness (QED) is 0.736. The zero-order valence-corrected chi connectivity index (χ0v) is 16.7. The molecule has 2 fully saturated rings. The lowest BCUT2D eigenvalue weighted by atomic mass is 10.1. The van der Waals surface area contributed by atoms with Gasteiger partial charge in [-0.25, -0.2) is 8.42 Å². The monoisotopic (exact) mass is 401 g/mol. The number of hydrogen-bond acceptors (Lipinski definition) is 4. The third-order valence-corrected chi connectivity index (χ3v) is 6.86. The van der Waals surface area contributed by atoms with E-state index in [4.69, 9.17) is 0 Å². The molecule has 1 aromatic carbocycles. The number of carbonyl (C=O) groups excluding carboxylic acids is 1. The number of carbonyl (C=O) groups is 1. The number of nitrogens with one attached hydrogen (secondary N) is 2. The number of halogens is 1. The van der Waals surface area contributed by atoms with Crippen molar-refractivity contribution < 1.29 is 13.2 Å². The minimum Gasteiger partial charge on any atom is -0.326 e. The molecule has 26 heavy (non-hydrogen) atoms. The first-order valence-corrected chi connectivity index (χ1v) is 10.6. The molecule has 3 rings (SSSR count). The predicted molar refractivity (Wildman–Crippen MR) is 105 cm³/mol. The zero-order valence-electron chi connectivity index (χ0n) is 15.1. The lowest BCUT2D eigenvalue weighted by molar-refractivity contribution is -0.115. The van der Waals surface area contributed by atoms with Crippen LogP contribution >= 0.6 is 12.4 Å². The van der Waals surface area contributed by atoms with Crippen LogP contribution in [0.5, 0.6) is 0 Å². The Morgan fingerprint density at radius 1 is 1.12 bits per heavy atom. The maximum Gasteiger partial charge on any atom is 0.243 e. The van der Waals surface area contributed by atoms with Gasteiger partial charge in [0.1, 0.15) is 0 Å². The molecule has 8 heteroatoms. The predicted octanol–water partition coefficient (Wildman–Crippen LogP) is 2.61. The molecule has 2 N–H and O–H groups in total. The molecule has 0 bridgehead atoms. The summed E-state index contributed by atoms with van der Waals surface area (Å²) in [7, 11) is -3.46. The van der Waals surface area contributed by atoms with Crippen LogP contribution in [-0.2, 0) is 14.8 Å². The third kappa shape index (κ3) is 5.42. The fraction of sp³-hybridized carbons (Fsp3) is 0.611. The van der Waals surface area contributed by atoms with Gasteiger partial charge in [-0.3, -0.25) is 4.79 Å². The second kappa shape index (κ2) is 9.17. The molecule has 1 saturated heterocycles. The van der Waals surface area contributed by atoms with E-state index in [1.54, 1.807) is 35.5 Å². The van der Waals surface area contributed by atoms with Crippen molar-refractivity contribution in [3.63, 3.8) is 0 Å². The van der Waals surface area contributed by atoms with E-state index in [2.05, 4.69) is 10.6 Å². The molecule has 0 aromatic heterocycles. The zero-order chi connectivity index (χ0) is 17.9. The average Bonchev–Trinajstić information content (AvgIpc) is 3.45. The number of benzene rings is 1. The van der Waals surface area contributed by atoms with Crippen molar-refractivity contribution in [2.45, 2.75) is 50.0 Å². The molecule has 1 saturated carbocycles. The molecule has 0 atom stereocenters. The molecule has 1 aliphatic carbocycles. The highest BCUT2D eigenvalue weighted by Crippen LogP contribution is 2.28. The number of sulfonamides is 1. The van der Waals surface area contributed by atoms with Crippen molar-refractivity contribution in [3.05, 3.63) is 24.3 Å². The molecule has 1 aromatic rings. The molecule has 0 spiro atoms. The fourth-order valence-corrected chi connectivity index (χ4v) is 4.53. The molecular weight excluding hydrogens is 374 g/mol. The van der Waals surface area contributed by atoms with Gasteiger partial charge >= 0.3 is 0 Å².